The Labute approximate surface area is 237 Å². The van der Waals surface area contributed by atoms with E-state index in [9.17, 15) is 15.3 Å². The Morgan fingerprint density at radius 1 is 0.923 bits per heavy atom. The number of aliphatic hydroxyl groups is 3. The number of rotatable bonds is 6. The molecule has 0 aromatic heterocycles. The van der Waals surface area contributed by atoms with Crippen LogP contribution in [0.1, 0.15) is 99.8 Å². The molecule has 3 N–H and O–H groups in total. The molecule has 0 bridgehead atoms. The van der Waals surface area contributed by atoms with Crippen molar-refractivity contribution >= 4 is 0 Å². The summed E-state index contributed by atoms with van der Waals surface area (Å²) in [6, 6.07) is 0. The summed E-state index contributed by atoms with van der Waals surface area (Å²) in [4.78, 5) is 0. The van der Waals surface area contributed by atoms with Crippen LogP contribution in [0.5, 0.6) is 0 Å². The quantitative estimate of drug-likeness (QED) is 0.344. The lowest BCUT2D eigenvalue weighted by Gasteiger charge is -2.58. The molecular weight excluding hydrogens is 488 g/mol. The summed E-state index contributed by atoms with van der Waals surface area (Å²) in [5.74, 6) is 5.13. The fourth-order valence-electron chi connectivity index (χ4n) is 9.67. The molecule has 4 fully saturated rings. The maximum absolute atomic E-state index is 10.5. The number of fused-ring (bicyclic) bond motifs is 5. The van der Waals surface area contributed by atoms with E-state index in [0.717, 1.165) is 42.9 Å². The van der Waals surface area contributed by atoms with Crippen molar-refractivity contribution in [2.24, 2.45) is 52.3 Å². The highest BCUT2D eigenvalue weighted by Crippen LogP contribution is 2.67. The number of ether oxygens (including phenoxy) is 2. The Bertz CT molecular complexity index is 929. The molecule has 0 aromatic carbocycles. The molecule has 1 heterocycles. The summed E-state index contributed by atoms with van der Waals surface area (Å²) in [6.07, 6.45) is 12.1. The molecule has 5 heteroatoms. The highest BCUT2D eigenvalue weighted by molar-refractivity contribution is 5.25. The SMILES string of the molecule is CC(C)C(C)C=CC(C)C1CCC2C3CC=C4CC(OC5OC(C)C(O)C(O)C5O)CCC4(C)C3CCC12C. The topological polar surface area (TPSA) is 79.2 Å². The monoisotopic (exact) mass is 544 g/mol. The summed E-state index contributed by atoms with van der Waals surface area (Å²) in [7, 11) is 0. The third kappa shape index (κ3) is 5.22. The van der Waals surface area contributed by atoms with Crippen LogP contribution in [0.15, 0.2) is 23.8 Å². The molecule has 4 aliphatic carbocycles. The van der Waals surface area contributed by atoms with Gasteiger partial charge in [-0.3, -0.25) is 0 Å². The van der Waals surface area contributed by atoms with Crippen molar-refractivity contribution in [1.82, 2.24) is 0 Å². The van der Waals surface area contributed by atoms with Crippen molar-refractivity contribution in [2.45, 2.75) is 137 Å². The number of aliphatic hydroxyl groups excluding tert-OH is 3. The van der Waals surface area contributed by atoms with Crippen molar-refractivity contribution in [1.29, 1.82) is 0 Å². The molecule has 39 heavy (non-hydrogen) atoms. The summed E-state index contributed by atoms with van der Waals surface area (Å²) in [6.45, 7) is 16.3. The van der Waals surface area contributed by atoms with E-state index in [-0.39, 0.29) is 11.5 Å². The average Bonchev–Trinajstić information content (AvgIpc) is 3.26. The highest BCUT2D eigenvalue weighted by atomic mass is 16.7. The predicted molar refractivity (Wildman–Crippen MR) is 155 cm³/mol. The number of allylic oxidation sites excluding steroid dienone is 3. The Balaban J connectivity index is 1.26. The molecule has 0 aromatic rings. The van der Waals surface area contributed by atoms with Crippen molar-refractivity contribution in [3.8, 4) is 0 Å². The predicted octanol–water partition coefficient (Wildman–Crippen LogP) is 6.26. The number of hydrogen-bond donors (Lipinski definition) is 3. The normalized spacial score (nSPS) is 49.8. The van der Waals surface area contributed by atoms with E-state index in [1.165, 1.54) is 37.7 Å². The van der Waals surface area contributed by atoms with Gasteiger partial charge < -0.3 is 24.8 Å². The third-order valence-electron chi connectivity index (χ3n) is 12.7. The largest absolute Gasteiger partial charge is 0.388 e. The maximum Gasteiger partial charge on any atom is 0.186 e. The Kier molecular flexibility index (Phi) is 8.52. The van der Waals surface area contributed by atoms with Gasteiger partial charge in [-0.2, -0.15) is 0 Å². The van der Waals surface area contributed by atoms with Crippen LogP contribution >= 0.6 is 0 Å². The van der Waals surface area contributed by atoms with E-state index < -0.39 is 30.7 Å². The highest BCUT2D eigenvalue weighted by Gasteiger charge is 2.59. The first-order valence-corrected chi connectivity index (χ1v) is 16.1. The molecule has 0 amide bonds. The van der Waals surface area contributed by atoms with E-state index >= 15 is 0 Å². The van der Waals surface area contributed by atoms with Gasteiger partial charge >= 0.3 is 0 Å². The zero-order valence-electron chi connectivity index (χ0n) is 25.6. The second-order valence-electron chi connectivity index (χ2n) is 15.0. The summed E-state index contributed by atoms with van der Waals surface area (Å²) < 4.78 is 12.0. The molecule has 5 nitrogen and oxygen atoms in total. The number of hydrogen-bond acceptors (Lipinski definition) is 5. The van der Waals surface area contributed by atoms with Gasteiger partial charge in [0.15, 0.2) is 6.29 Å². The lowest BCUT2D eigenvalue weighted by atomic mass is 9.47. The molecule has 14 atom stereocenters. The van der Waals surface area contributed by atoms with Crippen LogP contribution in [0.2, 0.25) is 0 Å². The Morgan fingerprint density at radius 3 is 2.38 bits per heavy atom. The first kappa shape index (κ1) is 29.8. The van der Waals surface area contributed by atoms with Gasteiger partial charge in [0.2, 0.25) is 0 Å². The van der Waals surface area contributed by atoms with Crippen molar-refractivity contribution in [3.05, 3.63) is 23.8 Å². The minimum absolute atomic E-state index is 0.0271. The molecule has 14 unspecified atom stereocenters. The molecule has 0 spiro atoms. The van der Waals surface area contributed by atoms with Gasteiger partial charge in [0.25, 0.3) is 0 Å². The minimum atomic E-state index is -1.24. The summed E-state index contributed by atoms with van der Waals surface area (Å²) >= 11 is 0. The van der Waals surface area contributed by atoms with Crippen LogP contribution in [0.4, 0.5) is 0 Å². The van der Waals surface area contributed by atoms with Gasteiger partial charge in [-0.05, 0) is 111 Å². The van der Waals surface area contributed by atoms with E-state index in [2.05, 4.69) is 59.8 Å². The standard InChI is InChI=1S/C34H56O5/c1-19(2)20(3)8-9-21(4)26-12-13-27-25-11-10-23-18-24(39-32-31(37)30(36)29(35)22(5)38-32)14-16-33(23,6)28(25)15-17-34(26,27)7/h8-10,19-22,24-32,35-37H,11-18H2,1-7H3. The molecule has 1 saturated heterocycles. The fourth-order valence-corrected chi connectivity index (χ4v) is 9.67. The van der Waals surface area contributed by atoms with Crippen molar-refractivity contribution in [3.63, 3.8) is 0 Å². The van der Waals surface area contributed by atoms with Crippen molar-refractivity contribution in [2.75, 3.05) is 0 Å². The van der Waals surface area contributed by atoms with E-state index in [4.69, 9.17) is 9.47 Å². The average molecular weight is 545 g/mol. The molecule has 5 rings (SSSR count). The van der Waals surface area contributed by atoms with Gasteiger partial charge in [-0.25, -0.2) is 0 Å². The van der Waals surface area contributed by atoms with E-state index in [1.54, 1.807) is 6.92 Å². The molecule has 5 aliphatic rings. The molecule has 3 saturated carbocycles. The van der Waals surface area contributed by atoms with E-state index in [1.807, 2.05) is 0 Å². The molecular formula is C34H56O5. The Hall–Kier alpha value is -0.720. The lowest BCUT2D eigenvalue weighted by Crippen LogP contribution is -2.58. The zero-order valence-corrected chi connectivity index (χ0v) is 25.6. The second kappa shape index (κ2) is 11.2. The van der Waals surface area contributed by atoms with Gasteiger partial charge in [0.1, 0.15) is 18.3 Å². The van der Waals surface area contributed by atoms with Crippen LogP contribution in [0, 0.1) is 52.3 Å². The Morgan fingerprint density at radius 2 is 1.67 bits per heavy atom. The van der Waals surface area contributed by atoms with Crippen molar-refractivity contribution < 1.29 is 24.8 Å². The van der Waals surface area contributed by atoms with Gasteiger partial charge in [-0.15, -0.1) is 0 Å². The molecule has 0 radical (unpaired) electrons. The van der Waals surface area contributed by atoms with Crippen LogP contribution in [-0.4, -0.2) is 52.1 Å². The molecule has 222 valence electrons. The van der Waals surface area contributed by atoms with E-state index in [0.29, 0.717) is 23.2 Å². The second-order valence-corrected chi connectivity index (χ2v) is 15.0. The lowest BCUT2D eigenvalue weighted by molar-refractivity contribution is -0.305. The third-order valence-corrected chi connectivity index (χ3v) is 12.7. The van der Waals surface area contributed by atoms with Gasteiger partial charge in [0.05, 0.1) is 12.2 Å². The molecule has 1 aliphatic heterocycles. The smallest absolute Gasteiger partial charge is 0.186 e. The minimum Gasteiger partial charge on any atom is -0.388 e. The first-order chi connectivity index (χ1) is 18.4. The summed E-state index contributed by atoms with van der Waals surface area (Å²) in [5.41, 5.74) is 2.22. The van der Waals surface area contributed by atoms with Gasteiger partial charge in [0, 0.05) is 0 Å². The fraction of sp³-hybridized carbons (Fsp3) is 0.882. The van der Waals surface area contributed by atoms with Gasteiger partial charge in [-0.1, -0.05) is 65.3 Å². The maximum atomic E-state index is 10.5. The zero-order chi connectivity index (χ0) is 28.3. The first-order valence-electron chi connectivity index (χ1n) is 16.1. The van der Waals surface area contributed by atoms with Crippen LogP contribution in [0.25, 0.3) is 0 Å². The van der Waals surface area contributed by atoms with Crippen LogP contribution in [0.3, 0.4) is 0 Å². The van der Waals surface area contributed by atoms with Crippen LogP contribution in [-0.2, 0) is 9.47 Å². The van der Waals surface area contributed by atoms with Crippen LogP contribution < -0.4 is 0 Å². The summed E-state index contributed by atoms with van der Waals surface area (Å²) in [5, 5.41) is 30.7.